The van der Waals surface area contributed by atoms with Gasteiger partial charge in [-0.3, -0.25) is 4.98 Å². The summed E-state index contributed by atoms with van der Waals surface area (Å²) in [5.41, 5.74) is 5.90. The van der Waals surface area contributed by atoms with Gasteiger partial charge in [0.15, 0.2) is 0 Å². The van der Waals surface area contributed by atoms with Crippen molar-refractivity contribution >= 4 is 0 Å². The number of benzene rings is 1. The highest BCUT2D eigenvalue weighted by atomic mass is 16.5. The van der Waals surface area contributed by atoms with Crippen LogP contribution < -0.4 is 10.5 Å². The van der Waals surface area contributed by atoms with E-state index in [9.17, 15) is 5.11 Å². The smallest absolute Gasteiger partial charge is 0.137 e. The van der Waals surface area contributed by atoms with Gasteiger partial charge in [-0.05, 0) is 18.6 Å². The van der Waals surface area contributed by atoms with Gasteiger partial charge in [0.05, 0.1) is 12.8 Å². The standard InChI is InChI=1S/C15H18N2O2/c1-2-19-14-8-13(9-17-10-14)15(18,11-16)12-6-4-3-5-7-12/h3-10,18H,2,11,16H2,1H3. The number of hydrogen-bond acceptors (Lipinski definition) is 4. The van der Waals surface area contributed by atoms with Crippen molar-refractivity contribution in [2.75, 3.05) is 13.2 Å². The van der Waals surface area contributed by atoms with Crippen molar-refractivity contribution in [1.82, 2.24) is 4.98 Å². The second-order valence-electron chi connectivity index (χ2n) is 4.27. The fourth-order valence-corrected chi connectivity index (χ4v) is 2.01. The summed E-state index contributed by atoms with van der Waals surface area (Å²) in [7, 11) is 0. The summed E-state index contributed by atoms with van der Waals surface area (Å²) in [6, 6.07) is 11.1. The highest BCUT2D eigenvalue weighted by Crippen LogP contribution is 2.29. The lowest BCUT2D eigenvalue weighted by molar-refractivity contribution is 0.0895. The molecule has 4 nitrogen and oxygen atoms in total. The third-order valence-electron chi connectivity index (χ3n) is 3.05. The van der Waals surface area contributed by atoms with Crippen molar-refractivity contribution in [3.63, 3.8) is 0 Å². The Balaban J connectivity index is 2.44. The van der Waals surface area contributed by atoms with Gasteiger partial charge < -0.3 is 15.6 Å². The van der Waals surface area contributed by atoms with Crippen LogP contribution in [0.15, 0.2) is 48.8 Å². The van der Waals surface area contributed by atoms with Crippen LogP contribution in [0.25, 0.3) is 0 Å². The highest BCUT2D eigenvalue weighted by molar-refractivity contribution is 5.38. The van der Waals surface area contributed by atoms with Crippen LogP contribution in [-0.4, -0.2) is 23.2 Å². The molecule has 0 aliphatic carbocycles. The molecule has 1 atom stereocenters. The van der Waals surface area contributed by atoms with Gasteiger partial charge >= 0.3 is 0 Å². The number of aromatic nitrogens is 1. The fourth-order valence-electron chi connectivity index (χ4n) is 2.01. The molecule has 2 aromatic rings. The molecule has 0 bridgehead atoms. The minimum absolute atomic E-state index is 0.0777. The van der Waals surface area contributed by atoms with Crippen LogP contribution in [-0.2, 0) is 5.60 Å². The quantitative estimate of drug-likeness (QED) is 0.856. The zero-order valence-electron chi connectivity index (χ0n) is 10.9. The molecular weight excluding hydrogens is 240 g/mol. The maximum Gasteiger partial charge on any atom is 0.137 e. The van der Waals surface area contributed by atoms with Crippen LogP contribution in [0.3, 0.4) is 0 Å². The van der Waals surface area contributed by atoms with Gasteiger partial charge in [0, 0.05) is 18.3 Å². The third-order valence-corrected chi connectivity index (χ3v) is 3.05. The van der Waals surface area contributed by atoms with Gasteiger partial charge in [-0.2, -0.15) is 0 Å². The predicted octanol–water partition coefficient (Wildman–Crippen LogP) is 1.67. The summed E-state index contributed by atoms with van der Waals surface area (Å²) in [6.07, 6.45) is 3.23. The Morgan fingerprint density at radius 2 is 1.95 bits per heavy atom. The number of hydrogen-bond donors (Lipinski definition) is 2. The molecule has 0 amide bonds. The first-order valence-corrected chi connectivity index (χ1v) is 6.27. The Bertz CT molecular complexity index is 531. The molecule has 0 saturated carbocycles. The Morgan fingerprint density at radius 1 is 1.21 bits per heavy atom. The molecule has 0 aliphatic rings. The maximum absolute atomic E-state index is 10.8. The maximum atomic E-state index is 10.8. The first-order valence-electron chi connectivity index (χ1n) is 6.27. The molecule has 0 radical (unpaired) electrons. The SMILES string of the molecule is CCOc1cncc(C(O)(CN)c2ccccc2)c1. The van der Waals surface area contributed by atoms with Gasteiger partial charge in [-0.25, -0.2) is 0 Å². The molecule has 100 valence electrons. The summed E-state index contributed by atoms with van der Waals surface area (Å²) >= 11 is 0. The number of rotatable bonds is 5. The van der Waals surface area contributed by atoms with Crippen LogP contribution in [0, 0.1) is 0 Å². The van der Waals surface area contributed by atoms with Crippen LogP contribution in [0.4, 0.5) is 0 Å². The summed E-state index contributed by atoms with van der Waals surface area (Å²) < 4.78 is 5.41. The van der Waals surface area contributed by atoms with E-state index in [4.69, 9.17) is 10.5 Å². The molecule has 1 aromatic heterocycles. The van der Waals surface area contributed by atoms with Crippen molar-refractivity contribution < 1.29 is 9.84 Å². The zero-order chi connectivity index (χ0) is 13.7. The number of nitrogens with zero attached hydrogens (tertiary/aromatic N) is 1. The average molecular weight is 258 g/mol. The van der Waals surface area contributed by atoms with Gasteiger partial charge in [0.25, 0.3) is 0 Å². The first-order chi connectivity index (χ1) is 9.20. The summed E-state index contributed by atoms with van der Waals surface area (Å²) in [5.74, 6) is 0.628. The minimum atomic E-state index is -1.25. The number of nitrogens with two attached hydrogens (primary N) is 1. The molecule has 4 heteroatoms. The van der Waals surface area contributed by atoms with E-state index >= 15 is 0 Å². The lowest BCUT2D eigenvalue weighted by atomic mass is 9.87. The van der Waals surface area contributed by atoms with Crippen molar-refractivity contribution in [3.8, 4) is 5.75 Å². The largest absolute Gasteiger partial charge is 0.492 e. The first kappa shape index (κ1) is 13.5. The van der Waals surface area contributed by atoms with Crippen LogP contribution in [0.1, 0.15) is 18.1 Å². The molecule has 19 heavy (non-hydrogen) atoms. The molecule has 0 aliphatic heterocycles. The normalized spacial score (nSPS) is 13.8. The van der Waals surface area contributed by atoms with E-state index in [0.717, 1.165) is 5.56 Å². The molecular formula is C15H18N2O2. The predicted molar refractivity (Wildman–Crippen MR) is 73.9 cm³/mol. The summed E-state index contributed by atoms with van der Waals surface area (Å²) in [4.78, 5) is 4.10. The van der Waals surface area contributed by atoms with Gasteiger partial charge in [0.1, 0.15) is 11.4 Å². The molecule has 1 heterocycles. The molecule has 0 saturated heterocycles. The number of ether oxygens (including phenoxy) is 1. The van der Waals surface area contributed by atoms with Crippen LogP contribution in [0.5, 0.6) is 5.75 Å². The van der Waals surface area contributed by atoms with E-state index in [1.54, 1.807) is 18.5 Å². The van der Waals surface area contributed by atoms with Crippen LogP contribution >= 0.6 is 0 Å². The zero-order valence-corrected chi connectivity index (χ0v) is 10.9. The van der Waals surface area contributed by atoms with Gasteiger partial charge in [-0.1, -0.05) is 30.3 Å². The summed E-state index contributed by atoms with van der Waals surface area (Å²) in [5, 5.41) is 10.8. The van der Waals surface area contributed by atoms with Crippen molar-refractivity contribution in [1.29, 1.82) is 0 Å². The number of aliphatic hydroxyl groups is 1. The lowest BCUT2D eigenvalue weighted by Gasteiger charge is -2.27. The minimum Gasteiger partial charge on any atom is -0.492 e. The molecule has 3 N–H and O–H groups in total. The van der Waals surface area contributed by atoms with E-state index in [-0.39, 0.29) is 6.54 Å². The molecule has 0 spiro atoms. The van der Waals surface area contributed by atoms with Gasteiger partial charge in [-0.15, -0.1) is 0 Å². The third kappa shape index (κ3) is 2.75. The molecule has 1 aromatic carbocycles. The summed E-state index contributed by atoms with van der Waals surface area (Å²) in [6.45, 7) is 2.53. The van der Waals surface area contributed by atoms with E-state index in [2.05, 4.69) is 4.98 Å². The fraction of sp³-hybridized carbons (Fsp3) is 0.267. The monoisotopic (exact) mass is 258 g/mol. The van der Waals surface area contributed by atoms with E-state index in [1.165, 1.54) is 0 Å². The van der Waals surface area contributed by atoms with Crippen LogP contribution in [0.2, 0.25) is 0 Å². The Labute approximate surface area is 112 Å². The van der Waals surface area contributed by atoms with Crippen molar-refractivity contribution in [2.24, 2.45) is 5.73 Å². The van der Waals surface area contributed by atoms with Crippen molar-refractivity contribution in [2.45, 2.75) is 12.5 Å². The van der Waals surface area contributed by atoms with E-state index in [0.29, 0.717) is 17.9 Å². The highest BCUT2D eigenvalue weighted by Gasteiger charge is 2.30. The lowest BCUT2D eigenvalue weighted by Crippen LogP contribution is -2.36. The Hall–Kier alpha value is -1.91. The average Bonchev–Trinajstić information content (AvgIpc) is 2.48. The second kappa shape index (κ2) is 5.82. The topological polar surface area (TPSA) is 68.4 Å². The van der Waals surface area contributed by atoms with E-state index < -0.39 is 5.60 Å². The Kier molecular flexibility index (Phi) is 4.14. The van der Waals surface area contributed by atoms with Crippen molar-refractivity contribution in [3.05, 3.63) is 59.9 Å². The molecule has 2 rings (SSSR count). The second-order valence-corrected chi connectivity index (χ2v) is 4.27. The van der Waals surface area contributed by atoms with Gasteiger partial charge in [0.2, 0.25) is 0 Å². The van der Waals surface area contributed by atoms with E-state index in [1.807, 2.05) is 37.3 Å². The molecule has 0 fully saturated rings. The molecule has 1 unspecified atom stereocenters. The number of pyridine rings is 1. The Morgan fingerprint density at radius 3 is 2.58 bits per heavy atom.